The lowest BCUT2D eigenvalue weighted by Gasteiger charge is -2.20. The quantitative estimate of drug-likeness (QED) is 0.657. The summed E-state index contributed by atoms with van der Waals surface area (Å²) in [5, 5.41) is 20.7. The highest BCUT2D eigenvalue weighted by atomic mass is 16.5. The number of fused-ring (bicyclic) bond motifs is 1. The molecule has 0 bridgehead atoms. The molecule has 0 aliphatic carbocycles. The Kier molecular flexibility index (Phi) is 3.92. The smallest absolute Gasteiger partial charge is 0.336 e. The van der Waals surface area contributed by atoms with E-state index in [-0.39, 0.29) is 0 Å². The molecule has 1 aromatic heterocycles. The first-order valence-corrected chi connectivity index (χ1v) is 6.07. The van der Waals surface area contributed by atoms with Gasteiger partial charge in [-0.05, 0) is 24.6 Å². The van der Waals surface area contributed by atoms with E-state index in [4.69, 9.17) is 9.15 Å². The van der Waals surface area contributed by atoms with Gasteiger partial charge in [-0.1, -0.05) is 6.58 Å². The van der Waals surface area contributed by atoms with E-state index in [1.54, 1.807) is 19.1 Å². The fourth-order valence-corrected chi connectivity index (χ4v) is 1.96. The zero-order valence-electron chi connectivity index (χ0n) is 11.3. The number of ether oxygens (including phenoxy) is 1. The van der Waals surface area contributed by atoms with E-state index in [9.17, 15) is 15.0 Å². The molecular formula is C15H16O5. The molecule has 106 valence electrons. The molecule has 0 radical (unpaired) electrons. The summed E-state index contributed by atoms with van der Waals surface area (Å²) in [6.07, 6.45) is -2.27. The van der Waals surface area contributed by atoms with Gasteiger partial charge in [0.1, 0.15) is 23.5 Å². The van der Waals surface area contributed by atoms with Crippen LogP contribution >= 0.6 is 0 Å². The largest absolute Gasteiger partial charge is 0.496 e. The summed E-state index contributed by atoms with van der Waals surface area (Å²) in [7, 11) is 1.44. The lowest BCUT2D eigenvalue weighted by molar-refractivity contribution is 0.0400. The minimum atomic E-state index is -1.17. The molecule has 20 heavy (non-hydrogen) atoms. The van der Waals surface area contributed by atoms with Crippen molar-refractivity contribution in [2.24, 2.45) is 0 Å². The average Bonchev–Trinajstić information content (AvgIpc) is 2.43. The number of aliphatic hydroxyl groups is 2. The second-order valence-corrected chi connectivity index (χ2v) is 4.62. The maximum Gasteiger partial charge on any atom is 0.336 e. The van der Waals surface area contributed by atoms with Gasteiger partial charge in [0.05, 0.1) is 7.11 Å². The van der Waals surface area contributed by atoms with Gasteiger partial charge in [0.25, 0.3) is 0 Å². The second kappa shape index (κ2) is 5.48. The van der Waals surface area contributed by atoms with Crippen LogP contribution in [0.1, 0.15) is 18.6 Å². The van der Waals surface area contributed by atoms with Gasteiger partial charge >= 0.3 is 5.63 Å². The maximum absolute atomic E-state index is 11.2. The topological polar surface area (TPSA) is 79.9 Å². The zero-order chi connectivity index (χ0) is 14.9. The highest BCUT2D eigenvalue weighted by Crippen LogP contribution is 2.32. The highest BCUT2D eigenvalue weighted by molar-refractivity contribution is 5.79. The molecule has 0 spiro atoms. The van der Waals surface area contributed by atoms with Crippen molar-refractivity contribution in [3.05, 3.63) is 52.4 Å². The molecule has 0 saturated carbocycles. The molecule has 0 fully saturated rings. The van der Waals surface area contributed by atoms with Crippen LogP contribution in [0.25, 0.3) is 11.0 Å². The summed E-state index contributed by atoms with van der Waals surface area (Å²) in [6, 6.07) is 6.01. The summed E-state index contributed by atoms with van der Waals surface area (Å²) in [5.74, 6) is 0.333. The molecule has 0 aliphatic rings. The van der Waals surface area contributed by atoms with Crippen molar-refractivity contribution in [2.45, 2.75) is 19.1 Å². The van der Waals surface area contributed by atoms with Gasteiger partial charge in [-0.15, -0.1) is 0 Å². The van der Waals surface area contributed by atoms with E-state index < -0.39 is 17.8 Å². The van der Waals surface area contributed by atoms with Gasteiger partial charge in [0.15, 0.2) is 0 Å². The molecule has 0 unspecified atom stereocenters. The van der Waals surface area contributed by atoms with Crippen LogP contribution in [0.4, 0.5) is 0 Å². The monoisotopic (exact) mass is 276 g/mol. The molecule has 2 aromatic rings. The number of benzene rings is 1. The minimum absolute atomic E-state index is 0.333. The normalized spacial score (nSPS) is 14.0. The third-order valence-electron chi connectivity index (χ3n) is 3.09. The van der Waals surface area contributed by atoms with Crippen molar-refractivity contribution in [2.75, 3.05) is 7.11 Å². The van der Waals surface area contributed by atoms with E-state index in [0.717, 1.165) is 0 Å². The first-order valence-electron chi connectivity index (χ1n) is 6.07. The van der Waals surface area contributed by atoms with Crippen LogP contribution in [0.2, 0.25) is 0 Å². The van der Waals surface area contributed by atoms with Crippen molar-refractivity contribution in [1.82, 2.24) is 0 Å². The predicted octanol–water partition coefficient (Wildman–Crippen LogP) is 1.77. The van der Waals surface area contributed by atoms with Crippen LogP contribution in [-0.2, 0) is 0 Å². The maximum atomic E-state index is 11.2. The number of methoxy groups -OCH3 is 1. The fourth-order valence-electron chi connectivity index (χ4n) is 1.96. The Balaban J connectivity index is 2.60. The van der Waals surface area contributed by atoms with E-state index in [1.807, 2.05) is 0 Å². The molecule has 1 heterocycles. The Morgan fingerprint density at radius 3 is 2.65 bits per heavy atom. The minimum Gasteiger partial charge on any atom is -0.496 e. The lowest BCUT2D eigenvalue weighted by atomic mass is 9.98. The van der Waals surface area contributed by atoms with E-state index >= 15 is 0 Å². The molecule has 5 nitrogen and oxygen atoms in total. The molecule has 2 N–H and O–H groups in total. The molecule has 5 heteroatoms. The SMILES string of the molecule is C=C(C)[C@H](O)[C@H](O)c1cc2ccc(=O)oc2cc1OC. The van der Waals surface area contributed by atoms with E-state index in [2.05, 4.69) is 6.58 Å². The number of aliphatic hydroxyl groups excluding tert-OH is 2. The summed E-state index contributed by atoms with van der Waals surface area (Å²) >= 11 is 0. The van der Waals surface area contributed by atoms with Crippen LogP contribution < -0.4 is 10.4 Å². The van der Waals surface area contributed by atoms with Crippen molar-refractivity contribution in [3.8, 4) is 5.75 Å². The van der Waals surface area contributed by atoms with E-state index in [0.29, 0.717) is 27.9 Å². The second-order valence-electron chi connectivity index (χ2n) is 4.62. The third kappa shape index (κ3) is 2.59. The molecule has 0 aliphatic heterocycles. The first kappa shape index (κ1) is 14.3. The predicted molar refractivity (Wildman–Crippen MR) is 74.8 cm³/mol. The van der Waals surface area contributed by atoms with Gasteiger partial charge in [-0.3, -0.25) is 0 Å². The Hall–Kier alpha value is -2.11. The number of hydrogen-bond acceptors (Lipinski definition) is 5. The first-order chi connectivity index (χ1) is 9.43. The van der Waals surface area contributed by atoms with Gasteiger partial charge in [0.2, 0.25) is 0 Å². The van der Waals surface area contributed by atoms with Crippen molar-refractivity contribution in [1.29, 1.82) is 0 Å². The van der Waals surface area contributed by atoms with Crippen LogP contribution in [-0.4, -0.2) is 23.4 Å². The summed E-state index contributed by atoms with van der Waals surface area (Å²) < 4.78 is 10.2. The van der Waals surface area contributed by atoms with Crippen LogP contribution in [0.15, 0.2) is 45.6 Å². The van der Waals surface area contributed by atoms with E-state index in [1.165, 1.54) is 19.2 Å². The Morgan fingerprint density at radius 1 is 1.35 bits per heavy atom. The van der Waals surface area contributed by atoms with Crippen LogP contribution in [0.3, 0.4) is 0 Å². The Bertz CT molecular complexity index is 701. The average molecular weight is 276 g/mol. The van der Waals surface area contributed by atoms with Gasteiger partial charge in [-0.25, -0.2) is 4.79 Å². The molecular weight excluding hydrogens is 260 g/mol. The van der Waals surface area contributed by atoms with Crippen molar-refractivity contribution in [3.63, 3.8) is 0 Å². The summed E-state index contributed by atoms with van der Waals surface area (Å²) in [5.41, 5.74) is 0.744. The number of rotatable bonds is 4. The van der Waals surface area contributed by atoms with Crippen molar-refractivity contribution >= 4 is 11.0 Å². The van der Waals surface area contributed by atoms with Gasteiger partial charge < -0.3 is 19.4 Å². The zero-order valence-corrected chi connectivity index (χ0v) is 11.3. The fraction of sp³-hybridized carbons (Fsp3) is 0.267. The van der Waals surface area contributed by atoms with Crippen LogP contribution in [0, 0.1) is 0 Å². The highest BCUT2D eigenvalue weighted by Gasteiger charge is 2.23. The Labute approximate surface area is 115 Å². The van der Waals surface area contributed by atoms with Gasteiger partial charge in [0, 0.05) is 23.1 Å². The summed E-state index contributed by atoms with van der Waals surface area (Å²) in [6.45, 7) is 5.25. The van der Waals surface area contributed by atoms with Gasteiger partial charge in [-0.2, -0.15) is 0 Å². The molecule has 1 aromatic carbocycles. The third-order valence-corrected chi connectivity index (χ3v) is 3.09. The Morgan fingerprint density at radius 2 is 2.05 bits per heavy atom. The lowest BCUT2D eigenvalue weighted by Crippen LogP contribution is -2.19. The molecule has 0 saturated heterocycles. The molecule has 0 amide bonds. The van der Waals surface area contributed by atoms with Crippen molar-refractivity contribution < 1.29 is 19.4 Å². The number of hydrogen-bond donors (Lipinski definition) is 2. The molecule has 2 rings (SSSR count). The standard InChI is InChI=1S/C15H16O5/c1-8(2)14(17)15(18)10-6-9-4-5-13(16)20-11(9)7-12(10)19-3/h4-7,14-15,17-18H,1H2,2-3H3/t14-,15+/m0/s1. The molecule has 2 atom stereocenters. The van der Waals surface area contributed by atoms with Crippen LogP contribution in [0.5, 0.6) is 5.75 Å². The summed E-state index contributed by atoms with van der Waals surface area (Å²) in [4.78, 5) is 11.2.